The van der Waals surface area contributed by atoms with E-state index in [1.54, 1.807) is 6.20 Å². The van der Waals surface area contributed by atoms with Crippen molar-refractivity contribution in [1.82, 2.24) is 9.78 Å². The monoisotopic (exact) mass is 331 g/mol. The van der Waals surface area contributed by atoms with Crippen molar-refractivity contribution in [3.8, 4) is 16.9 Å². The van der Waals surface area contributed by atoms with Crippen LogP contribution in [0.2, 0.25) is 0 Å². The third kappa shape index (κ3) is 2.74. The number of hydrogen-bond acceptors (Lipinski definition) is 2. The summed E-state index contributed by atoms with van der Waals surface area (Å²) in [4.78, 5) is 12.2. The van der Waals surface area contributed by atoms with Gasteiger partial charge in [0, 0.05) is 11.1 Å². The molecule has 2 aromatic carbocycles. The van der Waals surface area contributed by atoms with Crippen molar-refractivity contribution in [3.05, 3.63) is 65.9 Å². The number of hydrogen-bond donors (Lipinski definition) is 1. The zero-order valence-corrected chi connectivity index (χ0v) is 14.7. The van der Waals surface area contributed by atoms with Gasteiger partial charge in [0.2, 0.25) is 5.91 Å². The van der Waals surface area contributed by atoms with Crippen molar-refractivity contribution in [3.63, 3.8) is 0 Å². The molecule has 126 valence electrons. The third-order valence-corrected chi connectivity index (χ3v) is 4.63. The first kappa shape index (κ1) is 15.6. The minimum atomic E-state index is -0.00571. The number of amides is 1. The van der Waals surface area contributed by atoms with Gasteiger partial charge in [-0.1, -0.05) is 51.1 Å². The molecule has 1 amide bonds. The van der Waals surface area contributed by atoms with Crippen LogP contribution in [0.15, 0.2) is 54.7 Å². The number of aromatic nitrogens is 2. The van der Waals surface area contributed by atoms with Gasteiger partial charge in [-0.25, -0.2) is 4.68 Å². The van der Waals surface area contributed by atoms with E-state index in [4.69, 9.17) is 0 Å². The Kier molecular flexibility index (Phi) is 3.49. The molecule has 1 aliphatic heterocycles. The molecular weight excluding hydrogens is 310 g/mol. The number of anilines is 1. The fourth-order valence-electron chi connectivity index (χ4n) is 3.26. The van der Waals surface area contributed by atoms with Crippen molar-refractivity contribution < 1.29 is 4.79 Å². The number of carbonyl (C=O) groups is 1. The van der Waals surface area contributed by atoms with Crippen LogP contribution in [0.3, 0.4) is 0 Å². The molecule has 0 radical (unpaired) electrons. The van der Waals surface area contributed by atoms with E-state index in [0.717, 1.165) is 28.2 Å². The molecule has 0 atom stereocenters. The van der Waals surface area contributed by atoms with E-state index in [-0.39, 0.29) is 11.3 Å². The van der Waals surface area contributed by atoms with Crippen LogP contribution in [0.1, 0.15) is 31.9 Å². The Balaban J connectivity index is 1.87. The number of nitrogens with zero attached hydrogens (tertiary/aromatic N) is 2. The Hall–Kier alpha value is -2.88. The van der Waals surface area contributed by atoms with E-state index in [0.29, 0.717) is 6.42 Å². The molecule has 0 aliphatic carbocycles. The molecule has 1 N–H and O–H groups in total. The van der Waals surface area contributed by atoms with Crippen molar-refractivity contribution in [2.75, 3.05) is 5.32 Å². The highest BCUT2D eigenvalue weighted by Gasteiger charge is 2.23. The Morgan fingerprint density at radius 3 is 2.48 bits per heavy atom. The molecule has 0 spiro atoms. The lowest BCUT2D eigenvalue weighted by molar-refractivity contribution is -0.115. The second-order valence-electron chi connectivity index (χ2n) is 7.50. The maximum atomic E-state index is 12.2. The predicted molar refractivity (Wildman–Crippen MR) is 100 cm³/mol. The van der Waals surface area contributed by atoms with E-state index in [1.807, 2.05) is 28.9 Å². The second kappa shape index (κ2) is 5.59. The minimum Gasteiger partial charge on any atom is -0.325 e. The average Bonchev–Trinajstić information content (AvgIpc) is 2.91. The smallest absolute Gasteiger partial charge is 0.228 e. The predicted octanol–water partition coefficient (Wildman–Crippen LogP) is 4.33. The highest BCUT2D eigenvalue weighted by Crippen LogP contribution is 2.35. The molecule has 4 nitrogen and oxygen atoms in total. The summed E-state index contributed by atoms with van der Waals surface area (Å²) in [6.45, 7) is 6.61. The SMILES string of the molecule is CC(C)(C)c1ccc(-n2ncc3c2-c2ccccc2NC(=O)C3)cc1. The number of fused-ring (bicyclic) bond motifs is 3. The molecule has 2 heterocycles. The lowest BCUT2D eigenvalue weighted by Gasteiger charge is -2.19. The van der Waals surface area contributed by atoms with E-state index in [2.05, 4.69) is 55.5 Å². The molecule has 0 unspecified atom stereocenters. The fraction of sp³-hybridized carbons (Fsp3) is 0.238. The zero-order chi connectivity index (χ0) is 17.6. The number of benzene rings is 2. The van der Waals surface area contributed by atoms with E-state index < -0.39 is 0 Å². The maximum Gasteiger partial charge on any atom is 0.228 e. The van der Waals surface area contributed by atoms with Crippen LogP contribution in [-0.2, 0) is 16.6 Å². The molecule has 25 heavy (non-hydrogen) atoms. The highest BCUT2D eigenvalue weighted by molar-refractivity contribution is 6.00. The number of rotatable bonds is 1. The summed E-state index contributed by atoms with van der Waals surface area (Å²) in [6, 6.07) is 16.4. The summed E-state index contributed by atoms with van der Waals surface area (Å²) >= 11 is 0. The summed E-state index contributed by atoms with van der Waals surface area (Å²) in [6.07, 6.45) is 2.14. The molecule has 0 bridgehead atoms. The normalized spacial score (nSPS) is 13.6. The van der Waals surface area contributed by atoms with Crippen molar-refractivity contribution >= 4 is 11.6 Å². The second-order valence-corrected chi connectivity index (χ2v) is 7.50. The van der Waals surface area contributed by atoms with Gasteiger partial charge in [-0.2, -0.15) is 5.10 Å². The van der Waals surface area contributed by atoms with Gasteiger partial charge in [0.25, 0.3) is 0 Å². The first-order chi connectivity index (χ1) is 11.9. The van der Waals surface area contributed by atoms with Gasteiger partial charge in [0.05, 0.1) is 29.7 Å². The standard InChI is InChI=1S/C21H21N3O/c1-21(2,3)15-8-10-16(11-9-15)24-20-14(13-22-24)12-19(25)23-18-7-5-4-6-17(18)20/h4-11,13H,12H2,1-3H3,(H,23,25). The third-order valence-electron chi connectivity index (χ3n) is 4.63. The van der Waals surface area contributed by atoms with Gasteiger partial charge in [-0.15, -0.1) is 0 Å². The summed E-state index contributed by atoms with van der Waals surface area (Å²) in [5.74, 6) is -0.00571. The fourth-order valence-corrected chi connectivity index (χ4v) is 3.26. The van der Waals surface area contributed by atoms with Crippen LogP contribution in [0.5, 0.6) is 0 Å². The van der Waals surface area contributed by atoms with E-state index >= 15 is 0 Å². The quantitative estimate of drug-likeness (QED) is 0.721. The Bertz CT molecular complexity index is 946. The number of nitrogens with one attached hydrogen (secondary N) is 1. The van der Waals surface area contributed by atoms with Crippen molar-refractivity contribution in [1.29, 1.82) is 0 Å². The van der Waals surface area contributed by atoms with Crippen LogP contribution in [0, 0.1) is 0 Å². The van der Waals surface area contributed by atoms with Crippen LogP contribution >= 0.6 is 0 Å². The van der Waals surface area contributed by atoms with Gasteiger partial charge < -0.3 is 5.32 Å². The molecule has 0 saturated heterocycles. The first-order valence-corrected chi connectivity index (χ1v) is 8.50. The summed E-state index contributed by atoms with van der Waals surface area (Å²) in [5.41, 5.74) is 6.16. The molecule has 0 saturated carbocycles. The summed E-state index contributed by atoms with van der Waals surface area (Å²) < 4.78 is 1.93. The average molecular weight is 331 g/mol. The van der Waals surface area contributed by atoms with Gasteiger partial charge >= 0.3 is 0 Å². The van der Waals surface area contributed by atoms with E-state index in [1.165, 1.54) is 5.56 Å². The highest BCUT2D eigenvalue weighted by atomic mass is 16.1. The van der Waals surface area contributed by atoms with Crippen LogP contribution < -0.4 is 5.32 Å². The topological polar surface area (TPSA) is 46.9 Å². The molecule has 3 aromatic rings. The van der Waals surface area contributed by atoms with E-state index in [9.17, 15) is 4.79 Å². The maximum absolute atomic E-state index is 12.2. The molecule has 4 heteroatoms. The van der Waals surface area contributed by atoms with Gasteiger partial charge in [-0.3, -0.25) is 4.79 Å². The largest absolute Gasteiger partial charge is 0.325 e. The lowest BCUT2D eigenvalue weighted by atomic mass is 9.87. The van der Waals surface area contributed by atoms with Gasteiger partial charge in [0.1, 0.15) is 0 Å². The Morgan fingerprint density at radius 2 is 1.76 bits per heavy atom. The Labute approximate surface area is 147 Å². The molecule has 1 aliphatic rings. The summed E-state index contributed by atoms with van der Waals surface area (Å²) in [5, 5.41) is 7.55. The van der Waals surface area contributed by atoms with Crippen molar-refractivity contribution in [2.45, 2.75) is 32.6 Å². The number of para-hydroxylation sites is 1. The lowest BCUT2D eigenvalue weighted by Crippen LogP contribution is -2.12. The zero-order valence-electron chi connectivity index (χ0n) is 14.7. The summed E-state index contributed by atoms with van der Waals surface area (Å²) in [7, 11) is 0. The first-order valence-electron chi connectivity index (χ1n) is 8.50. The molecule has 0 fully saturated rings. The molecule has 4 rings (SSSR count). The van der Waals surface area contributed by atoms with Gasteiger partial charge in [0.15, 0.2) is 0 Å². The van der Waals surface area contributed by atoms with Crippen molar-refractivity contribution in [2.24, 2.45) is 0 Å². The van der Waals surface area contributed by atoms with Crippen LogP contribution in [-0.4, -0.2) is 15.7 Å². The number of carbonyl (C=O) groups excluding carboxylic acids is 1. The van der Waals surface area contributed by atoms with Gasteiger partial charge in [-0.05, 0) is 29.2 Å². The minimum absolute atomic E-state index is 0.00571. The van der Waals surface area contributed by atoms with Crippen LogP contribution in [0.4, 0.5) is 5.69 Å². The van der Waals surface area contributed by atoms with Crippen LogP contribution in [0.25, 0.3) is 16.9 Å². The molecular formula is C21H21N3O. The Morgan fingerprint density at radius 1 is 1.04 bits per heavy atom. The molecule has 1 aromatic heterocycles.